The van der Waals surface area contributed by atoms with Crippen molar-refractivity contribution in [1.82, 2.24) is 0 Å². The molecular formula is C41H35N. The zero-order chi connectivity index (χ0) is 28.8. The normalized spacial score (nSPS) is 13.0. The average Bonchev–Trinajstić information content (AvgIpc) is 3.24. The summed E-state index contributed by atoms with van der Waals surface area (Å²) >= 11 is 0. The van der Waals surface area contributed by atoms with Crippen molar-refractivity contribution in [3.63, 3.8) is 0 Å². The van der Waals surface area contributed by atoms with E-state index in [1.54, 1.807) is 0 Å². The maximum atomic E-state index is 2.40. The molecule has 0 saturated carbocycles. The van der Waals surface area contributed by atoms with E-state index in [2.05, 4.69) is 172 Å². The molecule has 0 saturated heterocycles. The van der Waals surface area contributed by atoms with Gasteiger partial charge in [-0.15, -0.1) is 0 Å². The molecule has 6 aromatic rings. The van der Waals surface area contributed by atoms with E-state index in [4.69, 9.17) is 0 Å². The van der Waals surface area contributed by atoms with E-state index in [0.29, 0.717) is 0 Å². The highest BCUT2D eigenvalue weighted by atomic mass is 15.1. The summed E-state index contributed by atoms with van der Waals surface area (Å²) in [5, 5.41) is 0. The van der Waals surface area contributed by atoms with Crippen molar-refractivity contribution in [2.45, 2.75) is 33.1 Å². The first-order chi connectivity index (χ1) is 20.4. The summed E-state index contributed by atoms with van der Waals surface area (Å²) in [6.07, 6.45) is 0. The second-order valence-electron chi connectivity index (χ2n) is 12.1. The second kappa shape index (κ2) is 10.2. The van der Waals surface area contributed by atoms with Crippen molar-refractivity contribution < 1.29 is 0 Å². The van der Waals surface area contributed by atoms with Crippen LogP contribution in [0.5, 0.6) is 0 Å². The van der Waals surface area contributed by atoms with Crippen LogP contribution < -0.4 is 4.90 Å². The van der Waals surface area contributed by atoms with Crippen molar-refractivity contribution >= 4 is 17.1 Å². The van der Waals surface area contributed by atoms with Gasteiger partial charge in [0.1, 0.15) is 0 Å². The van der Waals surface area contributed by atoms with Crippen molar-refractivity contribution in [3.8, 4) is 33.4 Å². The molecule has 7 rings (SSSR count). The van der Waals surface area contributed by atoms with Crippen LogP contribution in [0.3, 0.4) is 0 Å². The molecule has 1 nitrogen and oxygen atoms in total. The molecule has 0 N–H and O–H groups in total. The number of anilines is 3. The van der Waals surface area contributed by atoms with Gasteiger partial charge in [-0.1, -0.05) is 128 Å². The Labute approximate surface area is 249 Å². The molecule has 0 aromatic heterocycles. The first kappa shape index (κ1) is 26.0. The van der Waals surface area contributed by atoms with E-state index in [9.17, 15) is 0 Å². The molecule has 0 radical (unpaired) electrons. The SMILES string of the molecule is Cc1cccc(-c2ccc(N(c3ccc(-c4cccc(C)c4)cc3)c3ccc4c(c3)C(C)(C)c3ccccc3-4)cc2)c1. The predicted molar refractivity (Wildman–Crippen MR) is 179 cm³/mol. The molecular weight excluding hydrogens is 506 g/mol. The van der Waals surface area contributed by atoms with E-state index in [1.807, 2.05) is 0 Å². The zero-order valence-corrected chi connectivity index (χ0v) is 24.7. The van der Waals surface area contributed by atoms with Gasteiger partial charge in [-0.05, 0) is 94.8 Å². The molecule has 6 aromatic carbocycles. The smallest absolute Gasteiger partial charge is 0.0465 e. The number of nitrogens with zero attached hydrogens (tertiary/aromatic N) is 1. The van der Waals surface area contributed by atoms with E-state index >= 15 is 0 Å². The Balaban J connectivity index is 1.33. The van der Waals surface area contributed by atoms with Gasteiger partial charge in [0.15, 0.2) is 0 Å². The zero-order valence-electron chi connectivity index (χ0n) is 24.7. The van der Waals surface area contributed by atoms with Crippen LogP contribution in [0.25, 0.3) is 33.4 Å². The van der Waals surface area contributed by atoms with Gasteiger partial charge in [0.25, 0.3) is 0 Å². The van der Waals surface area contributed by atoms with Gasteiger partial charge < -0.3 is 4.90 Å². The third kappa shape index (κ3) is 4.52. The minimum atomic E-state index is -0.0579. The topological polar surface area (TPSA) is 3.24 Å². The Bertz CT molecular complexity index is 1820. The van der Waals surface area contributed by atoms with Gasteiger partial charge in [0.05, 0.1) is 0 Å². The van der Waals surface area contributed by atoms with E-state index in [1.165, 1.54) is 61.3 Å². The van der Waals surface area contributed by atoms with Crippen molar-refractivity contribution in [2.24, 2.45) is 0 Å². The lowest BCUT2D eigenvalue weighted by atomic mass is 9.82. The minimum absolute atomic E-state index is 0.0579. The molecule has 0 amide bonds. The van der Waals surface area contributed by atoms with E-state index in [-0.39, 0.29) is 5.41 Å². The summed E-state index contributed by atoms with van der Waals surface area (Å²) in [5.74, 6) is 0. The number of aryl methyl sites for hydroxylation is 2. The molecule has 0 bridgehead atoms. The van der Waals surface area contributed by atoms with Crippen LogP contribution in [0, 0.1) is 13.8 Å². The molecule has 0 heterocycles. The van der Waals surface area contributed by atoms with Crippen molar-refractivity contribution in [2.75, 3.05) is 4.90 Å². The molecule has 0 fully saturated rings. The van der Waals surface area contributed by atoms with Gasteiger partial charge in [0.2, 0.25) is 0 Å². The van der Waals surface area contributed by atoms with Crippen LogP contribution in [-0.4, -0.2) is 0 Å². The summed E-state index contributed by atoms with van der Waals surface area (Å²) in [5.41, 5.74) is 16.3. The van der Waals surface area contributed by atoms with Gasteiger partial charge in [-0.2, -0.15) is 0 Å². The monoisotopic (exact) mass is 541 g/mol. The summed E-state index contributed by atoms with van der Waals surface area (Å²) in [6.45, 7) is 8.99. The number of fused-ring (bicyclic) bond motifs is 3. The molecule has 204 valence electrons. The van der Waals surface area contributed by atoms with Gasteiger partial charge in [-0.25, -0.2) is 0 Å². The van der Waals surface area contributed by atoms with E-state index < -0.39 is 0 Å². The Kier molecular flexibility index (Phi) is 6.32. The Morgan fingerprint density at radius 1 is 0.405 bits per heavy atom. The Morgan fingerprint density at radius 3 is 1.45 bits per heavy atom. The highest BCUT2D eigenvalue weighted by Gasteiger charge is 2.35. The van der Waals surface area contributed by atoms with Crippen LogP contribution in [0.1, 0.15) is 36.1 Å². The summed E-state index contributed by atoms with van der Waals surface area (Å²) in [4.78, 5) is 2.39. The maximum absolute atomic E-state index is 2.40. The highest BCUT2D eigenvalue weighted by molar-refractivity contribution is 5.86. The van der Waals surface area contributed by atoms with Crippen LogP contribution in [0.15, 0.2) is 140 Å². The number of benzene rings is 6. The van der Waals surface area contributed by atoms with Crippen LogP contribution in [-0.2, 0) is 5.41 Å². The lowest BCUT2D eigenvalue weighted by Gasteiger charge is -2.28. The first-order valence-corrected chi connectivity index (χ1v) is 14.8. The fraction of sp³-hybridized carbons (Fsp3) is 0.122. The molecule has 1 aliphatic carbocycles. The molecule has 0 unspecified atom stereocenters. The lowest BCUT2D eigenvalue weighted by Crippen LogP contribution is -2.16. The standard InChI is InChI=1S/C41H35N/c1-28-9-7-11-32(25-28)30-15-19-34(20-16-30)42(35-21-17-31(18-22-35)33-12-8-10-29(2)26-33)36-23-24-38-37-13-5-6-14-39(37)41(3,4)40(38)27-36/h5-27H,1-4H3. The van der Waals surface area contributed by atoms with Gasteiger partial charge in [0, 0.05) is 22.5 Å². The maximum Gasteiger partial charge on any atom is 0.0465 e. The highest BCUT2D eigenvalue weighted by Crippen LogP contribution is 2.50. The van der Waals surface area contributed by atoms with Crippen molar-refractivity contribution in [3.05, 3.63) is 162 Å². The number of hydrogen-bond donors (Lipinski definition) is 0. The van der Waals surface area contributed by atoms with Gasteiger partial charge in [-0.3, -0.25) is 0 Å². The first-order valence-electron chi connectivity index (χ1n) is 14.8. The number of rotatable bonds is 5. The van der Waals surface area contributed by atoms with Crippen molar-refractivity contribution in [1.29, 1.82) is 0 Å². The third-order valence-electron chi connectivity index (χ3n) is 8.78. The quantitative estimate of drug-likeness (QED) is 0.210. The predicted octanol–water partition coefficient (Wildman–Crippen LogP) is 11.4. The molecule has 0 atom stereocenters. The summed E-state index contributed by atoms with van der Waals surface area (Å²) in [7, 11) is 0. The molecule has 0 spiro atoms. The molecule has 0 aliphatic heterocycles. The van der Waals surface area contributed by atoms with Crippen LogP contribution >= 0.6 is 0 Å². The molecule has 1 heteroatoms. The van der Waals surface area contributed by atoms with E-state index in [0.717, 1.165) is 11.4 Å². The molecule has 42 heavy (non-hydrogen) atoms. The van der Waals surface area contributed by atoms with Crippen LogP contribution in [0.4, 0.5) is 17.1 Å². The minimum Gasteiger partial charge on any atom is -0.310 e. The Hall–Kier alpha value is -4.88. The van der Waals surface area contributed by atoms with Crippen LogP contribution in [0.2, 0.25) is 0 Å². The lowest BCUT2D eigenvalue weighted by molar-refractivity contribution is 0.660. The summed E-state index contributed by atoms with van der Waals surface area (Å²) < 4.78 is 0. The van der Waals surface area contributed by atoms with Gasteiger partial charge >= 0.3 is 0 Å². The second-order valence-corrected chi connectivity index (χ2v) is 12.1. The number of hydrogen-bond acceptors (Lipinski definition) is 1. The molecule has 1 aliphatic rings. The largest absolute Gasteiger partial charge is 0.310 e. The summed E-state index contributed by atoms with van der Waals surface area (Å²) in [6, 6.07) is 51.2. The fourth-order valence-electron chi connectivity index (χ4n) is 6.53. The third-order valence-corrected chi connectivity index (χ3v) is 8.78. The Morgan fingerprint density at radius 2 is 0.905 bits per heavy atom. The average molecular weight is 542 g/mol. The fourth-order valence-corrected chi connectivity index (χ4v) is 6.53.